The average Bonchev–Trinajstić information content (AvgIpc) is 2.12. The molecule has 0 bridgehead atoms. The van der Waals surface area contributed by atoms with Crippen molar-refractivity contribution in [2.24, 2.45) is 17.1 Å². The molecule has 0 aromatic heterocycles. The van der Waals surface area contributed by atoms with Crippen LogP contribution in [0.1, 0.15) is 60.3 Å². The molecule has 2 heteroatoms. The van der Waals surface area contributed by atoms with Crippen molar-refractivity contribution in [1.29, 1.82) is 0 Å². The second kappa shape index (κ2) is 5.50. The first-order valence-corrected chi connectivity index (χ1v) is 6.75. The van der Waals surface area contributed by atoms with Crippen LogP contribution >= 0.6 is 0 Å². The molecule has 0 aliphatic heterocycles. The Bertz CT molecular complexity index is 215. The van der Waals surface area contributed by atoms with Crippen molar-refractivity contribution in [3.8, 4) is 0 Å². The molecule has 1 aliphatic carbocycles. The van der Waals surface area contributed by atoms with E-state index < -0.39 is 0 Å². The van der Waals surface area contributed by atoms with Gasteiger partial charge in [0, 0.05) is 6.04 Å². The van der Waals surface area contributed by atoms with Gasteiger partial charge in [0.2, 0.25) is 0 Å². The van der Waals surface area contributed by atoms with Crippen molar-refractivity contribution >= 4 is 0 Å². The van der Waals surface area contributed by atoms with Crippen molar-refractivity contribution in [2.45, 2.75) is 78.6 Å². The van der Waals surface area contributed by atoms with Gasteiger partial charge in [0.15, 0.2) is 0 Å². The standard InChI is InChI=1S/C14H29NO/c1-6-13(15)11(3)16-12-7-10(2)8-14(4,5)9-12/h10-13H,6-9,15H2,1-5H3. The maximum atomic E-state index is 6.12. The molecule has 1 fully saturated rings. The fraction of sp³-hybridized carbons (Fsp3) is 1.00. The van der Waals surface area contributed by atoms with E-state index in [9.17, 15) is 0 Å². The highest BCUT2D eigenvalue weighted by Crippen LogP contribution is 2.40. The van der Waals surface area contributed by atoms with Gasteiger partial charge >= 0.3 is 0 Å². The summed E-state index contributed by atoms with van der Waals surface area (Å²) in [4.78, 5) is 0. The van der Waals surface area contributed by atoms with Crippen LogP contribution in [0.25, 0.3) is 0 Å². The van der Waals surface area contributed by atoms with Crippen molar-refractivity contribution in [3.05, 3.63) is 0 Å². The Kier molecular flexibility index (Phi) is 4.81. The van der Waals surface area contributed by atoms with Crippen molar-refractivity contribution < 1.29 is 4.74 Å². The summed E-state index contributed by atoms with van der Waals surface area (Å²) in [7, 11) is 0. The van der Waals surface area contributed by atoms with E-state index in [0.717, 1.165) is 12.3 Å². The van der Waals surface area contributed by atoms with Gasteiger partial charge in [-0.3, -0.25) is 0 Å². The minimum Gasteiger partial charge on any atom is -0.374 e. The molecule has 0 spiro atoms. The molecule has 16 heavy (non-hydrogen) atoms. The molecule has 1 aliphatic rings. The molecule has 0 amide bonds. The summed E-state index contributed by atoms with van der Waals surface area (Å²) in [6.07, 6.45) is 5.29. The van der Waals surface area contributed by atoms with Gasteiger partial charge in [0.05, 0.1) is 12.2 Å². The van der Waals surface area contributed by atoms with Gasteiger partial charge in [-0.25, -0.2) is 0 Å². The van der Waals surface area contributed by atoms with Crippen LogP contribution in [0.15, 0.2) is 0 Å². The Morgan fingerprint density at radius 2 is 2.00 bits per heavy atom. The van der Waals surface area contributed by atoms with E-state index in [0.29, 0.717) is 11.5 Å². The van der Waals surface area contributed by atoms with E-state index in [4.69, 9.17) is 10.5 Å². The summed E-state index contributed by atoms with van der Waals surface area (Å²) >= 11 is 0. The molecular formula is C14H29NO. The number of rotatable bonds is 4. The Hall–Kier alpha value is -0.0800. The van der Waals surface area contributed by atoms with Gasteiger partial charge in [-0.2, -0.15) is 0 Å². The average molecular weight is 227 g/mol. The Labute approximate surface area is 101 Å². The fourth-order valence-corrected chi connectivity index (χ4v) is 3.10. The van der Waals surface area contributed by atoms with Crippen molar-refractivity contribution in [2.75, 3.05) is 0 Å². The second-order valence-corrected chi connectivity index (χ2v) is 6.45. The maximum Gasteiger partial charge on any atom is 0.0701 e. The molecule has 4 atom stereocenters. The molecule has 4 unspecified atom stereocenters. The van der Waals surface area contributed by atoms with Crippen LogP contribution in [0.4, 0.5) is 0 Å². The lowest BCUT2D eigenvalue weighted by Crippen LogP contribution is -2.40. The van der Waals surface area contributed by atoms with Crippen molar-refractivity contribution in [1.82, 2.24) is 0 Å². The summed E-state index contributed by atoms with van der Waals surface area (Å²) in [5.74, 6) is 0.777. The molecule has 0 saturated heterocycles. The first-order chi connectivity index (χ1) is 7.34. The third-order valence-electron chi connectivity index (χ3n) is 3.83. The topological polar surface area (TPSA) is 35.2 Å². The van der Waals surface area contributed by atoms with Crippen LogP contribution in [0.2, 0.25) is 0 Å². The van der Waals surface area contributed by atoms with E-state index >= 15 is 0 Å². The Balaban J connectivity index is 2.48. The highest BCUT2D eigenvalue weighted by atomic mass is 16.5. The number of hydrogen-bond donors (Lipinski definition) is 1. The summed E-state index contributed by atoms with van der Waals surface area (Å²) < 4.78 is 6.12. The highest BCUT2D eigenvalue weighted by molar-refractivity contribution is 4.84. The quantitative estimate of drug-likeness (QED) is 0.799. The Morgan fingerprint density at radius 1 is 1.38 bits per heavy atom. The minimum atomic E-state index is 0.181. The molecule has 2 nitrogen and oxygen atoms in total. The van der Waals surface area contributed by atoms with Crippen molar-refractivity contribution in [3.63, 3.8) is 0 Å². The van der Waals surface area contributed by atoms with Crippen LogP contribution in [-0.2, 0) is 4.74 Å². The van der Waals surface area contributed by atoms with E-state index in [1.165, 1.54) is 19.3 Å². The molecule has 0 aromatic rings. The molecule has 0 heterocycles. The minimum absolute atomic E-state index is 0.181. The lowest BCUT2D eigenvalue weighted by atomic mass is 9.71. The zero-order chi connectivity index (χ0) is 12.3. The molecule has 2 N–H and O–H groups in total. The molecule has 1 rings (SSSR count). The monoisotopic (exact) mass is 227 g/mol. The summed E-state index contributed by atoms with van der Waals surface area (Å²) in [5.41, 5.74) is 6.44. The van der Waals surface area contributed by atoms with E-state index in [2.05, 4.69) is 34.6 Å². The fourth-order valence-electron chi connectivity index (χ4n) is 3.10. The zero-order valence-electron chi connectivity index (χ0n) is 11.6. The number of nitrogens with two attached hydrogens (primary N) is 1. The largest absolute Gasteiger partial charge is 0.374 e. The molecule has 0 radical (unpaired) electrons. The summed E-state index contributed by atoms with van der Waals surface area (Å²) in [6.45, 7) is 11.3. The molecule has 0 aromatic carbocycles. The lowest BCUT2D eigenvalue weighted by Gasteiger charge is -2.40. The molecule has 1 saturated carbocycles. The first kappa shape index (κ1) is 14.0. The van der Waals surface area contributed by atoms with Gasteiger partial charge in [0.25, 0.3) is 0 Å². The first-order valence-electron chi connectivity index (χ1n) is 6.75. The van der Waals surface area contributed by atoms with Crippen LogP contribution in [0.3, 0.4) is 0 Å². The normalized spacial score (nSPS) is 33.4. The second-order valence-electron chi connectivity index (χ2n) is 6.45. The summed E-state index contributed by atoms with van der Waals surface area (Å²) in [6, 6.07) is 0.181. The zero-order valence-corrected chi connectivity index (χ0v) is 11.6. The predicted octanol–water partition coefficient (Wildman–Crippen LogP) is 3.34. The van der Waals surface area contributed by atoms with E-state index in [-0.39, 0.29) is 12.1 Å². The molecular weight excluding hydrogens is 198 g/mol. The van der Waals surface area contributed by atoms with Crippen LogP contribution in [0, 0.1) is 11.3 Å². The van der Waals surface area contributed by atoms with Gasteiger partial charge < -0.3 is 10.5 Å². The Morgan fingerprint density at radius 3 is 2.50 bits per heavy atom. The van der Waals surface area contributed by atoms with Crippen LogP contribution in [-0.4, -0.2) is 18.2 Å². The van der Waals surface area contributed by atoms with Gasteiger partial charge in [-0.05, 0) is 43.9 Å². The predicted molar refractivity (Wildman–Crippen MR) is 69.4 cm³/mol. The maximum absolute atomic E-state index is 6.12. The number of hydrogen-bond acceptors (Lipinski definition) is 2. The number of ether oxygens (including phenoxy) is 1. The summed E-state index contributed by atoms with van der Waals surface area (Å²) in [5, 5.41) is 0. The van der Waals surface area contributed by atoms with Gasteiger partial charge in [-0.1, -0.05) is 27.7 Å². The third-order valence-corrected chi connectivity index (χ3v) is 3.83. The van der Waals surface area contributed by atoms with Crippen LogP contribution in [0.5, 0.6) is 0 Å². The smallest absolute Gasteiger partial charge is 0.0701 e. The highest BCUT2D eigenvalue weighted by Gasteiger charge is 2.33. The van der Waals surface area contributed by atoms with E-state index in [1.807, 2.05) is 0 Å². The lowest BCUT2D eigenvalue weighted by molar-refractivity contribution is -0.0668. The van der Waals surface area contributed by atoms with Gasteiger partial charge in [0.1, 0.15) is 0 Å². The van der Waals surface area contributed by atoms with E-state index in [1.54, 1.807) is 0 Å². The van der Waals surface area contributed by atoms with Gasteiger partial charge in [-0.15, -0.1) is 0 Å². The molecule has 96 valence electrons. The SMILES string of the molecule is CCC(N)C(C)OC1CC(C)CC(C)(C)C1. The third kappa shape index (κ3) is 4.06. The van der Waals surface area contributed by atoms with Crippen LogP contribution < -0.4 is 5.73 Å².